The van der Waals surface area contributed by atoms with Crippen LogP contribution in [-0.4, -0.2) is 27.4 Å². The van der Waals surface area contributed by atoms with Crippen LogP contribution in [0.3, 0.4) is 0 Å². The van der Waals surface area contributed by atoms with Crippen molar-refractivity contribution in [3.05, 3.63) is 90.8 Å². The number of phenols is 1. The van der Waals surface area contributed by atoms with Gasteiger partial charge >= 0.3 is 0 Å². The molecule has 6 heteroatoms. The molecule has 144 valence electrons. The molecule has 6 nitrogen and oxygen atoms in total. The molecule has 0 radical (unpaired) electrons. The summed E-state index contributed by atoms with van der Waals surface area (Å²) in [5.41, 5.74) is 3.21. The minimum absolute atomic E-state index is 0.171. The van der Waals surface area contributed by atoms with E-state index in [1.165, 1.54) is 0 Å². The number of methoxy groups -OCH3 is 1. The predicted octanol–water partition coefficient (Wildman–Crippen LogP) is 4.59. The van der Waals surface area contributed by atoms with E-state index in [2.05, 4.69) is 15.2 Å². The summed E-state index contributed by atoms with van der Waals surface area (Å²) in [6.45, 7) is 0.453. The van der Waals surface area contributed by atoms with Crippen LogP contribution in [0.25, 0.3) is 11.3 Å². The topological polar surface area (TPSA) is 71.4 Å². The Labute approximate surface area is 169 Å². The summed E-state index contributed by atoms with van der Waals surface area (Å²) in [7, 11) is 1.64. The molecule has 0 aliphatic carbocycles. The van der Waals surface area contributed by atoms with Crippen LogP contribution in [0.5, 0.6) is 11.5 Å². The maximum absolute atomic E-state index is 10.4. The summed E-state index contributed by atoms with van der Waals surface area (Å²) in [5, 5.41) is 19.2. The van der Waals surface area contributed by atoms with Gasteiger partial charge in [-0.2, -0.15) is 0 Å². The third-order valence-corrected chi connectivity index (χ3v) is 4.53. The number of aromatic hydroxyl groups is 1. The van der Waals surface area contributed by atoms with Gasteiger partial charge in [0.2, 0.25) is 0 Å². The number of aromatic nitrogens is 3. The Kier molecular flexibility index (Phi) is 5.33. The number of ether oxygens (including phenoxy) is 1. The number of phenolic OH excluding ortho intramolecular Hbond substituents is 1. The Morgan fingerprint density at radius 2 is 1.66 bits per heavy atom. The first-order chi connectivity index (χ1) is 14.2. The lowest BCUT2D eigenvalue weighted by atomic mass is 10.1. The second-order valence-electron chi connectivity index (χ2n) is 6.40. The van der Waals surface area contributed by atoms with Gasteiger partial charge in [0.25, 0.3) is 0 Å². The largest absolute Gasteiger partial charge is 0.506 e. The van der Waals surface area contributed by atoms with E-state index in [9.17, 15) is 5.11 Å². The molecule has 2 aromatic heterocycles. The zero-order valence-corrected chi connectivity index (χ0v) is 15.9. The van der Waals surface area contributed by atoms with Gasteiger partial charge in [-0.1, -0.05) is 18.2 Å². The standard InChI is InChI=1S/C23H20N4O2/c1-29-19-11-9-17(10-12-19)20-13-14-23(26-25-20)27(16-18-6-4-5-15-24-18)21-7-2-3-8-22(21)28/h2-15,28H,16H2,1H3. The molecule has 0 aliphatic rings. The quantitative estimate of drug-likeness (QED) is 0.524. The van der Waals surface area contributed by atoms with Crippen molar-refractivity contribution in [3.8, 4) is 22.8 Å². The maximum atomic E-state index is 10.4. The predicted molar refractivity (Wildman–Crippen MR) is 112 cm³/mol. The van der Waals surface area contributed by atoms with Crippen molar-refractivity contribution < 1.29 is 9.84 Å². The maximum Gasteiger partial charge on any atom is 0.156 e. The molecule has 0 atom stereocenters. The molecule has 0 amide bonds. The normalized spacial score (nSPS) is 10.5. The van der Waals surface area contributed by atoms with E-state index in [0.717, 1.165) is 22.7 Å². The number of para-hydroxylation sites is 2. The Morgan fingerprint density at radius 1 is 0.862 bits per heavy atom. The zero-order chi connectivity index (χ0) is 20.1. The fourth-order valence-electron chi connectivity index (χ4n) is 3.02. The number of hydrogen-bond donors (Lipinski definition) is 1. The molecule has 0 unspecified atom stereocenters. The van der Waals surface area contributed by atoms with Gasteiger partial charge in [0.1, 0.15) is 11.5 Å². The van der Waals surface area contributed by atoms with E-state index < -0.39 is 0 Å². The highest BCUT2D eigenvalue weighted by Gasteiger charge is 2.16. The van der Waals surface area contributed by atoms with Crippen molar-refractivity contribution in [2.45, 2.75) is 6.54 Å². The fourth-order valence-corrected chi connectivity index (χ4v) is 3.02. The number of pyridine rings is 1. The SMILES string of the molecule is COc1ccc(-c2ccc(N(Cc3ccccn3)c3ccccc3O)nn2)cc1. The molecular formula is C23H20N4O2. The van der Waals surface area contributed by atoms with E-state index in [0.29, 0.717) is 18.1 Å². The summed E-state index contributed by atoms with van der Waals surface area (Å²) < 4.78 is 5.20. The van der Waals surface area contributed by atoms with E-state index in [-0.39, 0.29) is 5.75 Å². The highest BCUT2D eigenvalue weighted by atomic mass is 16.5. The Hall–Kier alpha value is -3.93. The van der Waals surface area contributed by atoms with Gasteiger partial charge in [0.05, 0.1) is 30.7 Å². The number of benzene rings is 2. The van der Waals surface area contributed by atoms with Crippen molar-refractivity contribution in [1.29, 1.82) is 0 Å². The lowest BCUT2D eigenvalue weighted by Gasteiger charge is -2.24. The number of hydrogen-bond acceptors (Lipinski definition) is 6. The smallest absolute Gasteiger partial charge is 0.156 e. The molecule has 4 rings (SSSR count). The molecular weight excluding hydrogens is 364 g/mol. The van der Waals surface area contributed by atoms with Gasteiger partial charge in [-0.25, -0.2) is 0 Å². The molecule has 0 fully saturated rings. The van der Waals surface area contributed by atoms with Crippen molar-refractivity contribution >= 4 is 11.5 Å². The monoisotopic (exact) mass is 384 g/mol. The van der Waals surface area contributed by atoms with Crippen LogP contribution in [0.1, 0.15) is 5.69 Å². The molecule has 2 heterocycles. The molecule has 0 spiro atoms. The first-order valence-electron chi connectivity index (χ1n) is 9.18. The average molecular weight is 384 g/mol. The van der Waals surface area contributed by atoms with E-state index in [4.69, 9.17) is 4.74 Å². The van der Waals surface area contributed by atoms with Gasteiger partial charge < -0.3 is 14.7 Å². The minimum Gasteiger partial charge on any atom is -0.506 e. The van der Waals surface area contributed by atoms with E-state index >= 15 is 0 Å². The molecule has 0 saturated heterocycles. The van der Waals surface area contributed by atoms with Gasteiger partial charge in [-0.05, 0) is 60.7 Å². The van der Waals surface area contributed by atoms with E-state index in [1.807, 2.05) is 71.6 Å². The molecule has 0 saturated carbocycles. The van der Waals surface area contributed by atoms with Gasteiger partial charge in [0.15, 0.2) is 5.82 Å². The number of nitrogens with zero attached hydrogens (tertiary/aromatic N) is 4. The van der Waals surface area contributed by atoms with Crippen molar-refractivity contribution in [2.75, 3.05) is 12.0 Å². The van der Waals surface area contributed by atoms with Gasteiger partial charge in [0, 0.05) is 11.8 Å². The van der Waals surface area contributed by atoms with E-state index in [1.54, 1.807) is 25.4 Å². The first kappa shape index (κ1) is 18.4. The first-order valence-corrected chi connectivity index (χ1v) is 9.18. The molecule has 1 N–H and O–H groups in total. The van der Waals surface area contributed by atoms with Gasteiger partial charge in [-0.15, -0.1) is 10.2 Å². The second-order valence-corrected chi connectivity index (χ2v) is 6.40. The van der Waals surface area contributed by atoms with Crippen LogP contribution in [0, 0.1) is 0 Å². The van der Waals surface area contributed by atoms with Crippen LogP contribution in [0.2, 0.25) is 0 Å². The molecule has 2 aromatic carbocycles. The summed E-state index contributed by atoms with van der Waals surface area (Å²) in [5.74, 6) is 1.58. The third-order valence-electron chi connectivity index (χ3n) is 4.53. The fraction of sp³-hybridized carbons (Fsp3) is 0.0870. The van der Waals surface area contributed by atoms with Crippen LogP contribution in [0.4, 0.5) is 11.5 Å². The summed E-state index contributed by atoms with van der Waals surface area (Å²) in [6, 6.07) is 24.4. The molecule has 4 aromatic rings. The summed E-state index contributed by atoms with van der Waals surface area (Å²) in [4.78, 5) is 6.29. The Balaban J connectivity index is 1.67. The van der Waals surface area contributed by atoms with Crippen molar-refractivity contribution in [3.63, 3.8) is 0 Å². The lowest BCUT2D eigenvalue weighted by Crippen LogP contribution is -2.19. The average Bonchev–Trinajstić information content (AvgIpc) is 2.79. The lowest BCUT2D eigenvalue weighted by molar-refractivity contribution is 0.415. The third kappa shape index (κ3) is 4.16. The summed E-state index contributed by atoms with van der Waals surface area (Å²) in [6.07, 6.45) is 1.75. The summed E-state index contributed by atoms with van der Waals surface area (Å²) >= 11 is 0. The minimum atomic E-state index is 0.171. The number of anilines is 2. The highest BCUT2D eigenvalue weighted by Crippen LogP contribution is 2.33. The molecule has 0 bridgehead atoms. The van der Waals surface area contributed by atoms with Crippen molar-refractivity contribution in [2.24, 2.45) is 0 Å². The Morgan fingerprint density at radius 3 is 2.31 bits per heavy atom. The molecule has 29 heavy (non-hydrogen) atoms. The van der Waals surface area contributed by atoms with Crippen LogP contribution < -0.4 is 9.64 Å². The highest BCUT2D eigenvalue weighted by molar-refractivity contribution is 5.68. The van der Waals surface area contributed by atoms with Crippen molar-refractivity contribution in [1.82, 2.24) is 15.2 Å². The van der Waals surface area contributed by atoms with Crippen LogP contribution in [0.15, 0.2) is 85.1 Å². The van der Waals surface area contributed by atoms with Crippen LogP contribution in [-0.2, 0) is 6.54 Å². The zero-order valence-electron chi connectivity index (χ0n) is 15.9. The number of rotatable bonds is 6. The van der Waals surface area contributed by atoms with Crippen LogP contribution >= 0.6 is 0 Å². The second kappa shape index (κ2) is 8.39. The Bertz CT molecular complexity index is 1070. The van der Waals surface area contributed by atoms with Gasteiger partial charge in [-0.3, -0.25) is 4.98 Å². The molecule has 0 aliphatic heterocycles.